The van der Waals surface area contributed by atoms with Crippen LogP contribution in [0.25, 0.3) is 0 Å². The van der Waals surface area contributed by atoms with Crippen molar-refractivity contribution >= 4 is 5.82 Å². The average molecular weight is 277 g/mol. The van der Waals surface area contributed by atoms with E-state index in [1.165, 1.54) is 24.9 Å². The standard InChI is InChI=1S/C16H27N3O/c1-3-8-17-16-15(7-4-9-18-16)12-19-10-5-6-14(11-19)13-20-2/h4,7,9,14H,3,5-6,8,10-13H2,1-2H3,(H,17,18). The molecule has 1 atom stereocenters. The zero-order valence-electron chi connectivity index (χ0n) is 12.8. The predicted molar refractivity (Wildman–Crippen MR) is 82.9 cm³/mol. The summed E-state index contributed by atoms with van der Waals surface area (Å²) in [6.45, 7) is 7.34. The van der Waals surface area contributed by atoms with Crippen LogP contribution in [0.5, 0.6) is 0 Å². The number of hydrogen-bond acceptors (Lipinski definition) is 4. The van der Waals surface area contributed by atoms with Crippen LogP contribution in [-0.4, -0.2) is 43.2 Å². The van der Waals surface area contributed by atoms with E-state index in [1.807, 2.05) is 12.3 Å². The maximum atomic E-state index is 5.31. The van der Waals surface area contributed by atoms with Gasteiger partial charge in [0.2, 0.25) is 0 Å². The first-order valence-corrected chi connectivity index (χ1v) is 7.72. The maximum absolute atomic E-state index is 5.31. The fourth-order valence-corrected chi connectivity index (χ4v) is 2.88. The summed E-state index contributed by atoms with van der Waals surface area (Å²) < 4.78 is 5.31. The minimum atomic E-state index is 0.678. The molecule has 0 radical (unpaired) electrons. The zero-order chi connectivity index (χ0) is 14.2. The molecule has 2 heterocycles. The van der Waals surface area contributed by atoms with Crippen molar-refractivity contribution in [3.05, 3.63) is 23.9 Å². The van der Waals surface area contributed by atoms with E-state index >= 15 is 0 Å². The molecule has 0 saturated carbocycles. The van der Waals surface area contributed by atoms with Gasteiger partial charge in [0.05, 0.1) is 6.61 Å². The van der Waals surface area contributed by atoms with Gasteiger partial charge in [0, 0.05) is 38.5 Å². The molecule has 0 amide bonds. The molecule has 1 fully saturated rings. The molecule has 1 aromatic heterocycles. The fraction of sp³-hybridized carbons (Fsp3) is 0.688. The third-order valence-corrected chi connectivity index (χ3v) is 3.83. The van der Waals surface area contributed by atoms with E-state index in [-0.39, 0.29) is 0 Å². The lowest BCUT2D eigenvalue weighted by atomic mass is 9.98. The van der Waals surface area contributed by atoms with Crippen LogP contribution in [0.2, 0.25) is 0 Å². The number of rotatable bonds is 7. The number of anilines is 1. The highest BCUT2D eigenvalue weighted by Gasteiger charge is 2.20. The number of nitrogens with zero attached hydrogens (tertiary/aromatic N) is 2. The van der Waals surface area contributed by atoms with Gasteiger partial charge in [-0.2, -0.15) is 0 Å². The summed E-state index contributed by atoms with van der Waals surface area (Å²) in [5.41, 5.74) is 1.30. The number of ether oxygens (including phenoxy) is 1. The minimum Gasteiger partial charge on any atom is -0.384 e. The van der Waals surface area contributed by atoms with Crippen LogP contribution in [0.3, 0.4) is 0 Å². The summed E-state index contributed by atoms with van der Waals surface area (Å²) in [6.07, 6.45) is 5.55. The number of piperidine rings is 1. The fourth-order valence-electron chi connectivity index (χ4n) is 2.88. The van der Waals surface area contributed by atoms with Crippen molar-refractivity contribution < 1.29 is 4.74 Å². The van der Waals surface area contributed by atoms with Crippen LogP contribution < -0.4 is 5.32 Å². The molecular formula is C16H27N3O. The Labute approximate surface area is 122 Å². The minimum absolute atomic E-state index is 0.678. The molecule has 1 aliphatic heterocycles. The van der Waals surface area contributed by atoms with Crippen molar-refractivity contribution in [3.63, 3.8) is 0 Å². The first-order valence-electron chi connectivity index (χ1n) is 7.72. The Kier molecular flexibility index (Phi) is 6.27. The average Bonchev–Trinajstić information content (AvgIpc) is 2.47. The molecule has 0 bridgehead atoms. The molecule has 0 aliphatic carbocycles. The van der Waals surface area contributed by atoms with E-state index in [0.717, 1.165) is 38.5 Å². The molecule has 20 heavy (non-hydrogen) atoms. The molecule has 4 nitrogen and oxygen atoms in total. The van der Waals surface area contributed by atoms with Crippen LogP contribution in [0.1, 0.15) is 31.7 Å². The Balaban J connectivity index is 1.94. The Morgan fingerprint density at radius 2 is 2.40 bits per heavy atom. The zero-order valence-corrected chi connectivity index (χ0v) is 12.8. The number of methoxy groups -OCH3 is 1. The third-order valence-electron chi connectivity index (χ3n) is 3.83. The van der Waals surface area contributed by atoms with Crippen LogP contribution in [0.4, 0.5) is 5.82 Å². The van der Waals surface area contributed by atoms with Crippen LogP contribution in [0.15, 0.2) is 18.3 Å². The van der Waals surface area contributed by atoms with Crippen molar-refractivity contribution in [3.8, 4) is 0 Å². The van der Waals surface area contributed by atoms with Gasteiger partial charge in [-0.05, 0) is 37.8 Å². The summed E-state index contributed by atoms with van der Waals surface area (Å²) in [4.78, 5) is 7.00. The number of nitrogens with one attached hydrogen (secondary N) is 1. The lowest BCUT2D eigenvalue weighted by Crippen LogP contribution is -2.36. The molecule has 1 aliphatic rings. The van der Waals surface area contributed by atoms with Gasteiger partial charge >= 0.3 is 0 Å². The van der Waals surface area contributed by atoms with E-state index in [0.29, 0.717) is 5.92 Å². The van der Waals surface area contributed by atoms with Gasteiger partial charge in [0.25, 0.3) is 0 Å². The number of aromatic nitrogens is 1. The van der Waals surface area contributed by atoms with Gasteiger partial charge in [-0.15, -0.1) is 0 Å². The highest BCUT2D eigenvalue weighted by Crippen LogP contribution is 2.21. The lowest BCUT2D eigenvalue weighted by Gasteiger charge is -2.32. The van der Waals surface area contributed by atoms with Crippen molar-refractivity contribution in [2.45, 2.75) is 32.7 Å². The van der Waals surface area contributed by atoms with Gasteiger partial charge < -0.3 is 10.1 Å². The second kappa shape index (κ2) is 8.22. The van der Waals surface area contributed by atoms with E-state index in [4.69, 9.17) is 4.74 Å². The summed E-state index contributed by atoms with van der Waals surface area (Å²) in [5, 5.41) is 3.43. The highest BCUT2D eigenvalue weighted by molar-refractivity contribution is 5.43. The SMILES string of the molecule is CCCNc1ncccc1CN1CCCC(COC)C1. The molecule has 1 saturated heterocycles. The van der Waals surface area contributed by atoms with Crippen molar-refractivity contribution in [2.75, 3.05) is 38.7 Å². The van der Waals surface area contributed by atoms with Crippen molar-refractivity contribution in [1.29, 1.82) is 0 Å². The Bertz CT molecular complexity index is 395. The maximum Gasteiger partial charge on any atom is 0.130 e. The second-order valence-corrected chi connectivity index (χ2v) is 5.64. The summed E-state index contributed by atoms with van der Waals surface area (Å²) in [5.74, 6) is 1.72. The van der Waals surface area contributed by atoms with E-state index in [2.05, 4.69) is 28.2 Å². The smallest absolute Gasteiger partial charge is 0.130 e. The van der Waals surface area contributed by atoms with Gasteiger partial charge in [0.15, 0.2) is 0 Å². The van der Waals surface area contributed by atoms with Crippen LogP contribution in [0, 0.1) is 5.92 Å². The van der Waals surface area contributed by atoms with Gasteiger partial charge in [-0.3, -0.25) is 4.90 Å². The molecule has 1 aromatic rings. The number of pyridine rings is 1. The summed E-state index contributed by atoms with van der Waals surface area (Å²) in [6, 6.07) is 4.22. The Morgan fingerprint density at radius 1 is 1.50 bits per heavy atom. The first kappa shape index (κ1) is 15.3. The molecule has 0 spiro atoms. The Hall–Kier alpha value is -1.13. The molecule has 1 N–H and O–H groups in total. The van der Waals surface area contributed by atoms with Crippen LogP contribution in [-0.2, 0) is 11.3 Å². The molecule has 1 unspecified atom stereocenters. The monoisotopic (exact) mass is 277 g/mol. The third kappa shape index (κ3) is 4.46. The topological polar surface area (TPSA) is 37.4 Å². The predicted octanol–water partition coefficient (Wildman–Crippen LogP) is 2.76. The quantitative estimate of drug-likeness (QED) is 0.831. The Morgan fingerprint density at radius 3 is 3.20 bits per heavy atom. The second-order valence-electron chi connectivity index (χ2n) is 5.64. The lowest BCUT2D eigenvalue weighted by molar-refractivity contribution is 0.0874. The summed E-state index contributed by atoms with van der Waals surface area (Å²) in [7, 11) is 1.80. The molecule has 4 heteroatoms. The largest absolute Gasteiger partial charge is 0.384 e. The van der Waals surface area contributed by atoms with Gasteiger partial charge in [-0.1, -0.05) is 13.0 Å². The normalized spacial score (nSPS) is 20.0. The summed E-state index contributed by atoms with van der Waals surface area (Å²) >= 11 is 0. The number of likely N-dealkylation sites (tertiary alicyclic amines) is 1. The highest BCUT2D eigenvalue weighted by atomic mass is 16.5. The van der Waals surface area contributed by atoms with Crippen molar-refractivity contribution in [1.82, 2.24) is 9.88 Å². The van der Waals surface area contributed by atoms with Crippen molar-refractivity contribution in [2.24, 2.45) is 5.92 Å². The molecule has 0 aromatic carbocycles. The molecule has 112 valence electrons. The van der Waals surface area contributed by atoms with E-state index in [9.17, 15) is 0 Å². The van der Waals surface area contributed by atoms with Gasteiger partial charge in [0.1, 0.15) is 5.82 Å². The van der Waals surface area contributed by atoms with E-state index in [1.54, 1.807) is 7.11 Å². The number of hydrogen-bond donors (Lipinski definition) is 1. The molecular weight excluding hydrogens is 250 g/mol. The first-order chi connectivity index (χ1) is 9.83. The van der Waals surface area contributed by atoms with Crippen LogP contribution >= 0.6 is 0 Å². The van der Waals surface area contributed by atoms with Gasteiger partial charge in [-0.25, -0.2) is 4.98 Å². The van der Waals surface area contributed by atoms with E-state index < -0.39 is 0 Å². The molecule has 2 rings (SSSR count).